The first-order valence-corrected chi connectivity index (χ1v) is 9.37. The van der Waals surface area contributed by atoms with Gasteiger partial charge in [-0.25, -0.2) is 0 Å². The number of esters is 1. The number of hydrogen-bond donors (Lipinski definition) is 4. The molecule has 6 nitrogen and oxygen atoms in total. The molecule has 0 radical (unpaired) electrons. The summed E-state index contributed by atoms with van der Waals surface area (Å²) in [7, 11) is 0. The third-order valence-corrected chi connectivity index (χ3v) is 4.11. The van der Waals surface area contributed by atoms with Crippen LogP contribution in [0.2, 0.25) is 0 Å². The minimum Gasteiger partial charge on any atom is -0.433 e. The van der Waals surface area contributed by atoms with Gasteiger partial charge in [0.05, 0.1) is 6.61 Å². The van der Waals surface area contributed by atoms with Crippen molar-refractivity contribution in [1.29, 1.82) is 0 Å². The zero-order valence-corrected chi connectivity index (χ0v) is 15.0. The summed E-state index contributed by atoms with van der Waals surface area (Å²) in [6.07, 6.45) is 8.12. The molecule has 144 valence electrons. The second-order valence-electron chi connectivity index (χ2n) is 6.41. The maximum atomic E-state index is 11.5. The van der Waals surface area contributed by atoms with Crippen LogP contribution in [0.15, 0.2) is 0 Å². The molecule has 0 fully saturated rings. The Morgan fingerprint density at radius 3 is 1.75 bits per heavy atom. The van der Waals surface area contributed by atoms with Crippen LogP contribution in [0.5, 0.6) is 0 Å². The van der Waals surface area contributed by atoms with Gasteiger partial charge in [0.1, 0.15) is 12.2 Å². The van der Waals surface area contributed by atoms with Crippen LogP contribution in [0.4, 0.5) is 0 Å². The van der Waals surface area contributed by atoms with Crippen molar-refractivity contribution in [2.45, 2.75) is 102 Å². The summed E-state index contributed by atoms with van der Waals surface area (Å²) in [6, 6.07) is 0. The zero-order chi connectivity index (χ0) is 18.2. The maximum Gasteiger partial charge on any atom is 0.308 e. The van der Waals surface area contributed by atoms with E-state index >= 15 is 0 Å². The normalized spacial score (nSPS) is 15.0. The minimum atomic E-state index is -1.81. The number of aliphatic hydroxyl groups excluding tert-OH is 4. The van der Waals surface area contributed by atoms with Crippen molar-refractivity contribution in [1.82, 2.24) is 0 Å². The highest BCUT2D eigenvalue weighted by Crippen LogP contribution is 2.12. The molecule has 0 aliphatic rings. The van der Waals surface area contributed by atoms with Gasteiger partial charge in [-0.05, 0) is 6.42 Å². The van der Waals surface area contributed by atoms with E-state index in [0.29, 0.717) is 6.42 Å². The van der Waals surface area contributed by atoms with Crippen LogP contribution in [0.25, 0.3) is 0 Å². The predicted octanol–water partition coefficient (Wildman–Crippen LogP) is 2.26. The van der Waals surface area contributed by atoms with Gasteiger partial charge in [0.2, 0.25) is 6.29 Å². The third kappa shape index (κ3) is 12.7. The highest BCUT2D eigenvalue weighted by atomic mass is 16.6. The quantitative estimate of drug-likeness (QED) is 0.194. The summed E-state index contributed by atoms with van der Waals surface area (Å²) in [5, 5.41) is 36.5. The number of hydrogen-bond acceptors (Lipinski definition) is 6. The summed E-state index contributed by atoms with van der Waals surface area (Å²) in [5.41, 5.74) is 0. The lowest BCUT2D eigenvalue weighted by Gasteiger charge is -2.21. The van der Waals surface area contributed by atoms with Crippen LogP contribution in [0, 0.1) is 0 Å². The van der Waals surface area contributed by atoms with E-state index in [2.05, 4.69) is 11.7 Å². The second-order valence-corrected chi connectivity index (χ2v) is 6.41. The Kier molecular flexibility index (Phi) is 15.4. The lowest BCUT2D eigenvalue weighted by Crippen LogP contribution is -2.41. The molecule has 0 aromatic heterocycles. The first kappa shape index (κ1) is 23.3. The lowest BCUT2D eigenvalue weighted by molar-refractivity contribution is -0.201. The molecular formula is C18H36O6. The largest absolute Gasteiger partial charge is 0.433 e. The van der Waals surface area contributed by atoms with Gasteiger partial charge in [0, 0.05) is 6.42 Å². The van der Waals surface area contributed by atoms with Gasteiger partial charge in [0.15, 0.2) is 0 Å². The summed E-state index contributed by atoms with van der Waals surface area (Å²) < 4.78 is 4.62. The molecule has 0 saturated heterocycles. The second kappa shape index (κ2) is 15.8. The molecule has 0 aliphatic heterocycles. The van der Waals surface area contributed by atoms with Gasteiger partial charge in [-0.15, -0.1) is 0 Å². The van der Waals surface area contributed by atoms with Crippen LogP contribution >= 0.6 is 0 Å². The Morgan fingerprint density at radius 2 is 1.29 bits per heavy atom. The van der Waals surface area contributed by atoms with E-state index in [-0.39, 0.29) is 6.42 Å². The van der Waals surface area contributed by atoms with E-state index in [1.165, 1.54) is 51.4 Å². The van der Waals surface area contributed by atoms with E-state index in [0.717, 1.165) is 12.8 Å². The van der Waals surface area contributed by atoms with Crippen LogP contribution in [-0.2, 0) is 9.53 Å². The number of ether oxygens (including phenoxy) is 1. The predicted molar refractivity (Wildman–Crippen MR) is 92.3 cm³/mol. The monoisotopic (exact) mass is 348 g/mol. The fourth-order valence-corrected chi connectivity index (χ4v) is 2.49. The van der Waals surface area contributed by atoms with Gasteiger partial charge in [-0.3, -0.25) is 4.79 Å². The molecule has 4 N–H and O–H groups in total. The van der Waals surface area contributed by atoms with Crippen LogP contribution in [0.3, 0.4) is 0 Å². The minimum absolute atomic E-state index is 0.177. The topological polar surface area (TPSA) is 107 Å². The molecular weight excluding hydrogens is 312 g/mol. The Hall–Kier alpha value is -0.690. The highest BCUT2D eigenvalue weighted by Gasteiger charge is 2.26. The van der Waals surface area contributed by atoms with Gasteiger partial charge < -0.3 is 25.2 Å². The average Bonchev–Trinajstić information content (AvgIpc) is 2.58. The SMILES string of the molecule is CCCCCCCCCCCCCC(=O)OC(O)[C@@H](O)[C@@H](O)CO. The Bertz CT molecular complexity index is 297. The van der Waals surface area contributed by atoms with Crippen molar-refractivity contribution in [3.8, 4) is 0 Å². The Labute approximate surface area is 145 Å². The Morgan fingerprint density at radius 1 is 0.833 bits per heavy atom. The van der Waals surface area contributed by atoms with E-state index in [4.69, 9.17) is 10.2 Å². The summed E-state index contributed by atoms with van der Waals surface area (Å²) in [4.78, 5) is 11.5. The smallest absolute Gasteiger partial charge is 0.308 e. The van der Waals surface area contributed by atoms with E-state index in [1.807, 2.05) is 0 Å². The fourth-order valence-electron chi connectivity index (χ4n) is 2.49. The number of carbonyl (C=O) groups is 1. The molecule has 3 atom stereocenters. The van der Waals surface area contributed by atoms with Crippen molar-refractivity contribution in [2.24, 2.45) is 0 Å². The van der Waals surface area contributed by atoms with E-state index in [9.17, 15) is 15.0 Å². The number of carbonyl (C=O) groups excluding carboxylic acids is 1. The first-order chi connectivity index (χ1) is 11.5. The van der Waals surface area contributed by atoms with Crippen LogP contribution in [-0.4, -0.2) is 51.5 Å². The van der Waals surface area contributed by atoms with Crippen molar-refractivity contribution < 1.29 is 30.0 Å². The van der Waals surface area contributed by atoms with Crippen molar-refractivity contribution >= 4 is 5.97 Å². The van der Waals surface area contributed by atoms with Crippen molar-refractivity contribution in [3.05, 3.63) is 0 Å². The fraction of sp³-hybridized carbons (Fsp3) is 0.944. The average molecular weight is 348 g/mol. The molecule has 0 aromatic carbocycles. The molecule has 0 bridgehead atoms. The molecule has 0 aromatic rings. The molecule has 24 heavy (non-hydrogen) atoms. The summed E-state index contributed by atoms with van der Waals surface area (Å²) >= 11 is 0. The summed E-state index contributed by atoms with van der Waals surface area (Å²) in [6.45, 7) is 1.51. The van der Waals surface area contributed by atoms with Gasteiger partial charge in [-0.2, -0.15) is 0 Å². The molecule has 0 spiro atoms. The Balaban J connectivity index is 3.46. The number of aliphatic hydroxyl groups is 4. The first-order valence-electron chi connectivity index (χ1n) is 9.37. The van der Waals surface area contributed by atoms with Gasteiger partial charge in [-0.1, -0.05) is 71.1 Å². The molecule has 0 saturated carbocycles. The number of unbranched alkanes of at least 4 members (excludes halogenated alkanes) is 10. The molecule has 0 heterocycles. The zero-order valence-electron chi connectivity index (χ0n) is 15.0. The highest BCUT2D eigenvalue weighted by molar-refractivity contribution is 5.69. The lowest BCUT2D eigenvalue weighted by atomic mass is 10.1. The maximum absolute atomic E-state index is 11.5. The van der Waals surface area contributed by atoms with E-state index in [1.54, 1.807) is 0 Å². The third-order valence-electron chi connectivity index (χ3n) is 4.11. The molecule has 6 heteroatoms. The molecule has 0 amide bonds. The number of rotatable bonds is 16. The molecule has 0 rings (SSSR count). The van der Waals surface area contributed by atoms with Gasteiger partial charge >= 0.3 is 5.97 Å². The van der Waals surface area contributed by atoms with Crippen LogP contribution < -0.4 is 0 Å². The van der Waals surface area contributed by atoms with Crippen LogP contribution in [0.1, 0.15) is 84.0 Å². The molecule has 1 unspecified atom stereocenters. The summed E-state index contributed by atoms with van der Waals surface area (Å²) in [5.74, 6) is -0.609. The molecule has 0 aliphatic carbocycles. The van der Waals surface area contributed by atoms with Gasteiger partial charge in [0.25, 0.3) is 0 Å². The van der Waals surface area contributed by atoms with Crippen molar-refractivity contribution in [2.75, 3.05) is 6.61 Å². The van der Waals surface area contributed by atoms with Crippen molar-refractivity contribution in [3.63, 3.8) is 0 Å². The standard InChI is InChI=1S/C18H36O6/c1-2-3-4-5-6-7-8-9-10-11-12-13-16(21)24-18(23)17(22)15(20)14-19/h15,17-20,22-23H,2-14H2,1H3/t15-,17-,18?/m0/s1. The van der Waals surface area contributed by atoms with E-state index < -0.39 is 31.1 Å².